The number of hydrogen-bond acceptors (Lipinski definition) is 6. The number of benzene rings is 2. The van der Waals surface area contributed by atoms with E-state index in [1.807, 2.05) is 49.1 Å². The van der Waals surface area contributed by atoms with Gasteiger partial charge in [0.25, 0.3) is 5.56 Å². The van der Waals surface area contributed by atoms with Gasteiger partial charge < -0.3 is 10.2 Å². The van der Waals surface area contributed by atoms with Crippen molar-refractivity contribution in [3.05, 3.63) is 80.7 Å². The van der Waals surface area contributed by atoms with E-state index in [0.29, 0.717) is 53.4 Å². The third-order valence-corrected chi connectivity index (χ3v) is 7.08. The number of hydrogen-bond donors (Lipinski definition) is 1. The van der Waals surface area contributed by atoms with Crippen LogP contribution in [0.25, 0.3) is 15.5 Å². The van der Waals surface area contributed by atoms with E-state index in [-0.39, 0.29) is 11.6 Å². The molecule has 2 amide bonds. The molecule has 5 rings (SSSR count). The Hall–Kier alpha value is -3.27. The summed E-state index contributed by atoms with van der Waals surface area (Å²) in [4.78, 5) is 34.6. The second kappa shape index (κ2) is 9.77. The Kier molecular flexibility index (Phi) is 6.55. The largest absolute Gasteiger partial charge is 0.322 e. The quantitative estimate of drug-likeness (QED) is 0.440. The summed E-state index contributed by atoms with van der Waals surface area (Å²) in [6.45, 7) is 7.21. The van der Waals surface area contributed by atoms with Crippen LogP contribution in [0.1, 0.15) is 16.8 Å². The molecule has 3 heterocycles. The van der Waals surface area contributed by atoms with Crippen molar-refractivity contribution < 1.29 is 4.79 Å². The molecule has 0 saturated carbocycles. The van der Waals surface area contributed by atoms with Gasteiger partial charge in [-0.2, -0.15) is 9.61 Å². The van der Waals surface area contributed by atoms with Crippen molar-refractivity contribution in [2.75, 3.05) is 31.5 Å². The van der Waals surface area contributed by atoms with Gasteiger partial charge in [-0.05, 0) is 49.2 Å². The first-order chi connectivity index (χ1) is 16.8. The highest BCUT2D eigenvalue weighted by molar-refractivity contribution is 7.19. The van der Waals surface area contributed by atoms with Gasteiger partial charge in [-0.3, -0.25) is 9.69 Å². The highest BCUT2D eigenvalue weighted by Gasteiger charge is 2.22. The minimum absolute atomic E-state index is 0.0920. The highest BCUT2D eigenvalue weighted by atomic mass is 35.5. The number of anilines is 1. The number of fused-ring (bicyclic) bond motifs is 1. The summed E-state index contributed by atoms with van der Waals surface area (Å²) in [6, 6.07) is 14.8. The zero-order valence-electron chi connectivity index (χ0n) is 19.5. The molecule has 10 heteroatoms. The zero-order chi connectivity index (χ0) is 24.5. The molecule has 1 aliphatic rings. The highest BCUT2D eigenvalue weighted by Crippen LogP contribution is 2.26. The van der Waals surface area contributed by atoms with Gasteiger partial charge in [0.2, 0.25) is 4.96 Å². The summed E-state index contributed by atoms with van der Waals surface area (Å²) in [5, 5.41) is 8.73. The van der Waals surface area contributed by atoms with Crippen LogP contribution in [0.15, 0.2) is 53.3 Å². The molecule has 8 nitrogen and oxygen atoms in total. The number of carbonyl (C=O) groups is 1. The number of amides is 2. The SMILES string of the molecule is Cc1cc(C)cc(NC(=O)N2CCN(Cc3cc(=O)n4nc(-c5cccc(Cl)c5)sc4n3)CC2)c1. The minimum atomic E-state index is -0.207. The summed E-state index contributed by atoms with van der Waals surface area (Å²) in [6.07, 6.45) is 0. The zero-order valence-corrected chi connectivity index (χ0v) is 21.1. The van der Waals surface area contributed by atoms with Crippen LogP contribution >= 0.6 is 22.9 Å². The Morgan fingerprint density at radius 1 is 1.06 bits per heavy atom. The molecule has 2 aromatic heterocycles. The van der Waals surface area contributed by atoms with Gasteiger partial charge in [-0.15, -0.1) is 0 Å². The molecular weight excluding hydrogens is 484 g/mol. The van der Waals surface area contributed by atoms with E-state index >= 15 is 0 Å². The normalized spacial score (nSPS) is 14.4. The second-order valence-corrected chi connectivity index (χ2v) is 10.2. The maximum Gasteiger partial charge on any atom is 0.321 e. The molecule has 2 aromatic carbocycles. The number of aromatic nitrogens is 3. The van der Waals surface area contributed by atoms with Crippen molar-refractivity contribution in [3.8, 4) is 10.6 Å². The standard InChI is InChI=1S/C25H25ClN6O2S/c1-16-10-17(2)12-20(11-16)27-24(34)31-8-6-30(7-9-31)15-21-14-22(33)32-25(28-21)35-23(29-32)18-4-3-5-19(26)13-18/h3-5,10-14H,6-9,15H2,1-2H3,(H,27,34). The summed E-state index contributed by atoms with van der Waals surface area (Å²) in [5.41, 5.74) is 4.39. The van der Waals surface area contributed by atoms with E-state index in [2.05, 4.69) is 26.4 Å². The Balaban J connectivity index is 1.23. The fraction of sp³-hybridized carbons (Fsp3) is 0.280. The summed E-state index contributed by atoms with van der Waals surface area (Å²) < 4.78 is 1.33. The third-order valence-electron chi connectivity index (χ3n) is 5.89. The van der Waals surface area contributed by atoms with Crippen LogP contribution in [0, 0.1) is 13.8 Å². The predicted octanol–water partition coefficient (Wildman–Crippen LogP) is 4.44. The van der Waals surface area contributed by atoms with Crippen molar-refractivity contribution in [1.82, 2.24) is 24.4 Å². The molecule has 1 fully saturated rings. The Labute approximate surface area is 211 Å². The second-order valence-electron chi connectivity index (χ2n) is 8.77. The number of aryl methyl sites for hydroxylation is 2. The van der Waals surface area contributed by atoms with Crippen LogP contribution in [-0.4, -0.2) is 56.6 Å². The van der Waals surface area contributed by atoms with Gasteiger partial charge in [0.1, 0.15) is 5.01 Å². The van der Waals surface area contributed by atoms with Gasteiger partial charge in [0.15, 0.2) is 0 Å². The molecule has 0 atom stereocenters. The van der Waals surface area contributed by atoms with E-state index in [9.17, 15) is 9.59 Å². The molecule has 1 saturated heterocycles. The number of halogens is 1. The van der Waals surface area contributed by atoms with E-state index in [1.165, 1.54) is 21.9 Å². The van der Waals surface area contributed by atoms with Crippen LogP contribution in [0.5, 0.6) is 0 Å². The first-order valence-electron chi connectivity index (χ1n) is 11.4. The predicted molar refractivity (Wildman–Crippen MR) is 139 cm³/mol. The molecule has 0 unspecified atom stereocenters. The van der Waals surface area contributed by atoms with Crippen LogP contribution in [0.3, 0.4) is 0 Å². The van der Waals surface area contributed by atoms with E-state index in [4.69, 9.17) is 11.6 Å². The smallest absolute Gasteiger partial charge is 0.321 e. The molecule has 0 spiro atoms. The van der Waals surface area contributed by atoms with Crippen LogP contribution in [0.4, 0.5) is 10.5 Å². The number of nitrogens with zero attached hydrogens (tertiary/aromatic N) is 5. The fourth-order valence-electron chi connectivity index (χ4n) is 4.26. The van der Waals surface area contributed by atoms with Crippen molar-refractivity contribution >= 4 is 39.6 Å². The molecule has 4 aromatic rings. The molecule has 1 N–H and O–H groups in total. The van der Waals surface area contributed by atoms with Crippen molar-refractivity contribution in [2.45, 2.75) is 20.4 Å². The van der Waals surface area contributed by atoms with Gasteiger partial charge in [0.05, 0.1) is 5.69 Å². The molecule has 1 aliphatic heterocycles. The first-order valence-corrected chi connectivity index (χ1v) is 12.6. The number of rotatable bonds is 4. The van der Waals surface area contributed by atoms with Crippen molar-refractivity contribution in [2.24, 2.45) is 0 Å². The minimum Gasteiger partial charge on any atom is -0.322 e. The Morgan fingerprint density at radius 3 is 2.51 bits per heavy atom. The lowest BCUT2D eigenvalue weighted by Gasteiger charge is -2.34. The Bertz CT molecular complexity index is 1440. The number of urea groups is 1. The number of nitrogens with one attached hydrogen (secondary N) is 1. The summed E-state index contributed by atoms with van der Waals surface area (Å²) in [5.74, 6) is 0. The van der Waals surface area contributed by atoms with Gasteiger partial charge in [0, 0.05) is 55.1 Å². The Morgan fingerprint density at radius 2 is 1.80 bits per heavy atom. The lowest BCUT2D eigenvalue weighted by atomic mass is 10.1. The molecule has 0 aliphatic carbocycles. The lowest BCUT2D eigenvalue weighted by Crippen LogP contribution is -2.49. The molecular formula is C25H25ClN6O2S. The van der Waals surface area contributed by atoms with E-state index in [1.54, 1.807) is 6.07 Å². The maximum absolute atomic E-state index is 12.7. The van der Waals surface area contributed by atoms with Crippen molar-refractivity contribution in [1.29, 1.82) is 0 Å². The fourth-order valence-corrected chi connectivity index (χ4v) is 5.37. The van der Waals surface area contributed by atoms with Gasteiger partial charge >= 0.3 is 6.03 Å². The molecule has 0 bridgehead atoms. The molecule has 180 valence electrons. The average molecular weight is 509 g/mol. The van der Waals surface area contributed by atoms with E-state index in [0.717, 1.165) is 22.4 Å². The van der Waals surface area contributed by atoms with E-state index < -0.39 is 0 Å². The van der Waals surface area contributed by atoms with Crippen LogP contribution < -0.4 is 10.9 Å². The topological polar surface area (TPSA) is 82.8 Å². The number of carbonyl (C=O) groups excluding carboxylic acids is 1. The average Bonchev–Trinajstić information content (AvgIpc) is 3.24. The lowest BCUT2D eigenvalue weighted by molar-refractivity contribution is 0.142. The van der Waals surface area contributed by atoms with Gasteiger partial charge in [-0.1, -0.05) is 41.1 Å². The van der Waals surface area contributed by atoms with Crippen molar-refractivity contribution in [3.63, 3.8) is 0 Å². The summed E-state index contributed by atoms with van der Waals surface area (Å²) >= 11 is 7.46. The first kappa shape index (κ1) is 23.5. The molecule has 0 radical (unpaired) electrons. The van der Waals surface area contributed by atoms with Crippen LogP contribution in [-0.2, 0) is 6.54 Å². The van der Waals surface area contributed by atoms with Crippen LogP contribution in [0.2, 0.25) is 5.02 Å². The van der Waals surface area contributed by atoms with Gasteiger partial charge in [-0.25, -0.2) is 9.78 Å². The monoisotopic (exact) mass is 508 g/mol. The summed E-state index contributed by atoms with van der Waals surface area (Å²) in [7, 11) is 0. The maximum atomic E-state index is 12.7. The number of piperazine rings is 1. The third kappa shape index (κ3) is 5.37. The molecule has 35 heavy (non-hydrogen) atoms.